The Kier molecular flexibility index (Phi) is 5.26. The summed E-state index contributed by atoms with van der Waals surface area (Å²) in [5, 5.41) is 3.34. The second-order valence-corrected chi connectivity index (χ2v) is 6.45. The molecule has 118 valence electrons. The number of benzene rings is 2. The van der Waals surface area contributed by atoms with Gasteiger partial charge in [-0.05, 0) is 48.0 Å². The van der Waals surface area contributed by atoms with Gasteiger partial charge in [-0.25, -0.2) is 0 Å². The molecule has 1 aliphatic heterocycles. The minimum Gasteiger partial charge on any atom is -0.369 e. The number of hydrogen-bond donors (Lipinski definition) is 1. The topological polar surface area (TPSA) is 32.3 Å². The maximum Gasteiger partial charge on any atom is 0.185 e. The van der Waals surface area contributed by atoms with Crippen molar-refractivity contribution in [3.63, 3.8) is 0 Å². The van der Waals surface area contributed by atoms with Gasteiger partial charge in [-0.15, -0.1) is 0 Å². The molecule has 2 aromatic carbocycles. The molecule has 0 aliphatic carbocycles. The third-order valence-corrected chi connectivity index (χ3v) is 4.40. The van der Waals surface area contributed by atoms with Crippen molar-refractivity contribution >= 4 is 33.5 Å². The van der Waals surface area contributed by atoms with E-state index in [0.717, 1.165) is 41.8 Å². The molecule has 3 rings (SSSR count). The van der Waals surface area contributed by atoms with Gasteiger partial charge in [-0.1, -0.05) is 34.1 Å². The van der Waals surface area contributed by atoms with Gasteiger partial charge in [-0.3, -0.25) is 4.79 Å². The van der Waals surface area contributed by atoms with Gasteiger partial charge < -0.3 is 10.2 Å². The molecular formula is C19H19BrN2O. The fraction of sp³-hybridized carbons (Fsp3) is 0.211. The smallest absolute Gasteiger partial charge is 0.185 e. The number of allylic oxidation sites excluding steroid dienone is 1. The molecule has 0 spiro atoms. The first-order chi connectivity index (χ1) is 11.2. The SMILES string of the molecule is O=C(/C=C/c1cccc(Br)c1)c1ccc(N2CCNCC2)cc1. The number of rotatable bonds is 4. The number of carbonyl (C=O) groups is 1. The maximum absolute atomic E-state index is 12.3. The van der Waals surface area contributed by atoms with Crippen LogP contribution in [0.5, 0.6) is 0 Å². The second kappa shape index (κ2) is 7.57. The molecule has 23 heavy (non-hydrogen) atoms. The monoisotopic (exact) mass is 370 g/mol. The van der Waals surface area contributed by atoms with E-state index in [2.05, 4.69) is 26.1 Å². The number of anilines is 1. The first kappa shape index (κ1) is 16.0. The summed E-state index contributed by atoms with van der Waals surface area (Å²) in [6.07, 6.45) is 3.47. The van der Waals surface area contributed by atoms with Gasteiger partial charge in [0.15, 0.2) is 5.78 Å². The molecule has 1 heterocycles. The van der Waals surface area contributed by atoms with Crippen molar-refractivity contribution in [1.29, 1.82) is 0 Å². The normalized spacial score (nSPS) is 15.1. The van der Waals surface area contributed by atoms with Crippen molar-refractivity contribution in [3.8, 4) is 0 Å². The highest BCUT2D eigenvalue weighted by Crippen LogP contribution is 2.17. The van der Waals surface area contributed by atoms with Crippen molar-refractivity contribution in [2.45, 2.75) is 0 Å². The van der Waals surface area contributed by atoms with Crippen molar-refractivity contribution < 1.29 is 4.79 Å². The largest absolute Gasteiger partial charge is 0.369 e. The van der Waals surface area contributed by atoms with Gasteiger partial charge in [0.2, 0.25) is 0 Å². The van der Waals surface area contributed by atoms with Gasteiger partial charge in [0, 0.05) is 41.9 Å². The van der Waals surface area contributed by atoms with Crippen LogP contribution in [0.15, 0.2) is 59.1 Å². The van der Waals surface area contributed by atoms with Crippen molar-refractivity contribution in [3.05, 3.63) is 70.2 Å². The first-order valence-corrected chi connectivity index (χ1v) is 8.55. The Bertz CT molecular complexity index is 704. The van der Waals surface area contributed by atoms with E-state index in [-0.39, 0.29) is 5.78 Å². The van der Waals surface area contributed by atoms with Crippen LogP contribution < -0.4 is 10.2 Å². The van der Waals surface area contributed by atoms with Gasteiger partial charge >= 0.3 is 0 Å². The number of carbonyl (C=O) groups excluding carboxylic acids is 1. The van der Waals surface area contributed by atoms with Crippen LogP contribution in [-0.4, -0.2) is 32.0 Å². The molecule has 3 nitrogen and oxygen atoms in total. The zero-order valence-corrected chi connectivity index (χ0v) is 14.4. The van der Waals surface area contributed by atoms with Gasteiger partial charge in [0.25, 0.3) is 0 Å². The Morgan fingerprint density at radius 3 is 2.52 bits per heavy atom. The van der Waals surface area contributed by atoms with Crippen LogP contribution in [0.25, 0.3) is 6.08 Å². The number of nitrogens with zero attached hydrogens (tertiary/aromatic N) is 1. The average Bonchev–Trinajstić information content (AvgIpc) is 2.61. The quantitative estimate of drug-likeness (QED) is 0.656. The number of ketones is 1. The third kappa shape index (κ3) is 4.30. The summed E-state index contributed by atoms with van der Waals surface area (Å²) in [5.74, 6) is 0.0248. The van der Waals surface area contributed by atoms with Crippen LogP contribution in [0.2, 0.25) is 0 Å². The van der Waals surface area contributed by atoms with E-state index in [1.165, 1.54) is 5.69 Å². The Morgan fingerprint density at radius 1 is 1.09 bits per heavy atom. The Labute approximate surface area is 145 Å². The highest BCUT2D eigenvalue weighted by molar-refractivity contribution is 9.10. The van der Waals surface area contributed by atoms with E-state index in [1.54, 1.807) is 6.08 Å². The standard InChI is InChI=1S/C19H19BrN2O/c20-17-3-1-2-15(14-17)4-9-19(23)16-5-7-18(8-6-16)22-12-10-21-11-13-22/h1-9,14,21H,10-13H2/b9-4+. The summed E-state index contributed by atoms with van der Waals surface area (Å²) in [4.78, 5) is 14.6. The molecule has 1 aliphatic rings. The van der Waals surface area contributed by atoms with E-state index in [4.69, 9.17) is 0 Å². The van der Waals surface area contributed by atoms with Gasteiger partial charge in [0.05, 0.1) is 0 Å². The lowest BCUT2D eigenvalue weighted by Gasteiger charge is -2.29. The van der Waals surface area contributed by atoms with Crippen LogP contribution in [-0.2, 0) is 0 Å². The minimum absolute atomic E-state index is 0.0248. The predicted octanol–water partition coefficient (Wildman–Crippen LogP) is 3.75. The highest BCUT2D eigenvalue weighted by Gasteiger charge is 2.10. The maximum atomic E-state index is 12.3. The number of hydrogen-bond acceptors (Lipinski definition) is 3. The average molecular weight is 371 g/mol. The zero-order chi connectivity index (χ0) is 16.1. The molecule has 0 saturated carbocycles. The van der Waals surface area contributed by atoms with Crippen molar-refractivity contribution in [2.75, 3.05) is 31.1 Å². The molecular weight excluding hydrogens is 352 g/mol. The molecule has 0 unspecified atom stereocenters. The second-order valence-electron chi connectivity index (χ2n) is 5.54. The van der Waals surface area contributed by atoms with Crippen LogP contribution in [0, 0.1) is 0 Å². The summed E-state index contributed by atoms with van der Waals surface area (Å²) < 4.78 is 1.01. The van der Waals surface area contributed by atoms with Crippen molar-refractivity contribution in [1.82, 2.24) is 5.32 Å². The van der Waals surface area contributed by atoms with E-state index < -0.39 is 0 Å². The summed E-state index contributed by atoms with van der Waals surface area (Å²) >= 11 is 3.43. The zero-order valence-electron chi connectivity index (χ0n) is 12.8. The molecule has 1 N–H and O–H groups in total. The lowest BCUT2D eigenvalue weighted by atomic mass is 10.1. The van der Waals surface area contributed by atoms with Crippen LogP contribution in [0.4, 0.5) is 5.69 Å². The summed E-state index contributed by atoms with van der Waals surface area (Å²) in [5.41, 5.74) is 2.90. The molecule has 2 aromatic rings. The molecule has 1 fully saturated rings. The molecule has 1 saturated heterocycles. The fourth-order valence-electron chi connectivity index (χ4n) is 2.64. The lowest BCUT2D eigenvalue weighted by Crippen LogP contribution is -2.43. The van der Waals surface area contributed by atoms with Gasteiger partial charge in [-0.2, -0.15) is 0 Å². The molecule has 0 radical (unpaired) electrons. The molecule has 0 amide bonds. The Morgan fingerprint density at radius 2 is 1.83 bits per heavy atom. The van der Waals surface area contributed by atoms with Crippen LogP contribution in [0.1, 0.15) is 15.9 Å². The number of piperazine rings is 1. The summed E-state index contributed by atoms with van der Waals surface area (Å²) in [7, 11) is 0. The van der Waals surface area contributed by atoms with E-state index in [1.807, 2.05) is 54.6 Å². The number of halogens is 1. The molecule has 0 bridgehead atoms. The van der Waals surface area contributed by atoms with E-state index >= 15 is 0 Å². The van der Waals surface area contributed by atoms with Crippen LogP contribution in [0.3, 0.4) is 0 Å². The fourth-order valence-corrected chi connectivity index (χ4v) is 3.05. The molecule has 0 atom stereocenters. The Balaban J connectivity index is 1.67. The summed E-state index contributed by atoms with van der Waals surface area (Å²) in [6.45, 7) is 4.04. The van der Waals surface area contributed by atoms with E-state index in [0.29, 0.717) is 0 Å². The number of nitrogens with one attached hydrogen (secondary N) is 1. The van der Waals surface area contributed by atoms with Crippen LogP contribution >= 0.6 is 15.9 Å². The van der Waals surface area contributed by atoms with Crippen molar-refractivity contribution in [2.24, 2.45) is 0 Å². The van der Waals surface area contributed by atoms with Gasteiger partial charge in [0.1, 0.15) is 0 Å². The third-order valence-electron chi connectivity index (χ3n) is 3.91. The predicted molar refractivity (Wildman–Crippen MR) is 99.0 cm³/mol. The van der Waals surface area contributed by atoms with E-state index in [9.17, 15) is 4.79 Å². The minimum atomic E-state index is 0.0248. The Hall–Kier alpha value is -1.91. The summed E-state index contributed by atoms with van der Waals surface area (Å²) in [6, 6.07) is 15.8. The molecule has 0 aromatic heterocycles. The first-order valence-electron chi connectivity index (χ1n) is 7.76. The molecule has 4 heteroatoms. The lowest BCUT2D eigenvalue weighted by molar-refractivity contribution is 0.104. The highest BCUT2D eigenvalue weighted by atomic mass is 79.9.